The number of carbonyl (C=O) groups is 2. The number of benzene rings is 1. The van der Waals surface area contributed by atoms with Crippen LogP contribution in [0.3, 0.4) is 0 Å². The highest BCUT2D eigenvalue weighted by molar-refractivity contribution is 6.30. The van der Waals surface area contributed by atoms with Gasteiger partial charge in [-0.3, -0.25) is 9.59 Å². The van der Waals surface area contributed by atoms with Crippen LogP contribution in [0.5, 0.6) is 0 Å². The van der Waals surface area contributed by atoms with Crippen LogP contribution in [-0.2, 0) is 15.0 Å². The number of rotatable bonds is 4. The largest absolute Gasteiger partial charge is 0.352 e. The van der Waals surface area contributed by atoms with E-state index in [0.29, 0.717) is 10.9 Å². The van der Waals surface area contributed by atoms with Crippen molar-refractivity contribution in [2.75, 3.05) is 13.1 Å². The summed E-state index contributed by atoms with van der Waals surface area (Å²) in [4.78, 5) is 27.4. The van der Waals surface area contributed by atoms with Gasteiger partial charge in [0.05, 0.1) is 5.41 Å². The molecule has 2 aliphatic carbocycles. The fourth-order valence-electron chi connectivity index (χ4n) is 4.57. The number of likely N-dealkylation sites (tertiary alicyclic amines) is 1. The summed E-state index contributed by atoms with van der Waals surface area (Å²) in [6.07, 6.45) is 7.75. The van der Waals surface area contributed by atoms with E-state index in [1.54, 1.807) is 0 Å². The van der Waals surface area contributed by atoms with Crippen molar-refractivity contribution in [3.8, 4) is 0 Å². The van der Waals surface area contributed by atoms with Crippen LogP contribution in [0.25, 0.3) is 0 Å². The highest BCUT2D eigenvalue weighted by atomic mass is 35.5. The predicted molar refractivity (Wildman–Crippen MR) is 102 cm³/mol. The minimum atomic E-state index is -0.439. The second-order valence-corrected chi connectivity index (χ2v) is 8.58. The zero-order valence-corrected chi connectivity index (χ0v) is 15.9. The number of carbonyl (C=O) groups excluding carboxylic acids is 2. The van der Waals surface area contributed by atoms with Crippen molar-refractivity contribution in [1.82, 2.24) is 10.2 Å². The van der Waals surface area contributed by atoms with E-state index < -0.39 is 5.41 Å². The zero-order chi connectivity index (χ0) is 18.1. The average Bonchev–Trinajstić information content (AvgIpc) is 3.38. The van der Waals surface area contributed by atoms with E-state index in [1.807, 2.05) is 29.2 Å². The van der Waals surface area contributed by atoms with Crippen molar-refractivity contribution in [1.29, 1.82) is 0 Å². The first-order valence-electron chi connectivity index (χ1n) is 9.94. The third-order valence-corrected chi connectivity index (χ3v) is 6.57. The Hall–Kier alpha value is -1.55. The Balaban J connectivity index is 1.41. The molecule has 4 nitrogen and oxygen atoms in total. The second-order valence-electron chi connectivity index (χ2n) is 8.15. The molecule has 1 heterocycles. The maximum atomic E-state index is 13.2. The minimum Gasteiger partial charge on any atom is -0.352 e. The SMILES string of the molecule is O=C(C1CC1)N1CCC(NC(=O)C2(c3cccc(Cl)c3)CCCC2)CC1. The number of amides is 2. The van der Waals surface area contributed by atoms with Crippen molar-refractivity contribution in [3.63, 3.8) is 0 Å². The van der Waals surface area contributed by atoms with Crippen LogP contribution < -0.4 is 5.32 Å². The molecular weight excluding hydrogens is 348 g/mol. The lowest BCUT2D eigenvalue weighted by atomic mass is 9.77. The fourth-order valence-corrected chi connectivity index (χ4v) is 4.76. The normalized spacial score (nSPS) is 23.0. The Morgan fingerprint density at radius 3 is 2.38 bits per heavy atom. The molecule has 1 aromatic carbocycles. The third-order valence-electron chi connectivity index (χ3n) is 6.34. The van der Waals surface area contributed by atoms with Gasteiger partial charge >= 0.3 is 0 Å². The van der Waals surface area contributed by atoms with Gasteiger partial charge in [0.1, 0.15) is 0 Å². The summed E-state index contributed by atoms with van der Waals surface area (Å²) >= 11 is 6.19. The number of hydrogen-bond acceptors (Lipinski definition) is 2. The molecule has 3 fully saturated rings. The number of piperidine rings is 1. The van der Waals surface area contributed by atoms with Gasteiger partial charge in [0.15, 0.2) is 0 Å². The van der Waals surface area contributed by atoms with Crippen molar-refractivity contribution >= 4 is 23.4 Å². The van der Waals surface area contributed by atoms with Crippen LogP contribution in [0, 0.1) is 5.92 Å². The summed E-state index contributed by atoms with van der Waals surface area (Å²) in [6.45, 7) is 1.54. The van der Waals surface area contributed by atoms with Crippen LogP contribution in [-0.4, -0.2) is 35.8 Å². The van der Waals surface area contributed by atoms with Crippen LogP contribution in [0.4, 0.5) is 0 Å². The lowest BCUT2D eigenvalue weighted by Crippen LogP contribution is -2.51. The van der Waals surface area contributed by atoms with Gasteiger partial charge < -0.3 is 10.2 Å². The molecule has 0 unspecified atom stereocenters. The lowest BCUT2D eigenvalue weighted by molar-refractivity contribution is -0.134. The van der Waals surface area contributed by atoms with Crippen molar-refractivity contribution in [2.24, 2.45) is 5.92 Å². The summed E-state index contributed by atoms with van der Waals surface area (Å²) < 4.78 is 0. The summed E-state index contributed by atoms with van der Waals surface area (Å²) in [7, 11) is 0. The van der Waals surface area contributed by atoms with Gasteiger partial charge in [-0.1, -0.05) is 36.6 Å². The molecule has 1 aliphatic heterocycles. The van der Waals surface area contributed by atoms with Crippen molar-refractivity contribution < 1.29 is 9.59 Å². The van der Waals surface area contributed by atoms with E-state index in [4.69, 9.17) is 11.6 Å². The second kappa shape index (κ2) is 7.22. The third kappa shape index (κ3) is 3.48. The quantitative estimate of drug-likeness (QED) is 0.874. The topological polar surface area (TPSA) is 49.4 Å². The number of nitrogens with one attached hydrogen (secondary N) is 1. The Morgan fingerprint density at radius 1 is 1.08 bits per heavy atom. The summed E-state index contributed by atoms with van der Waals surface area (Å²) in [5.74, 6) is 0.746. The van der Waals surface area contributed by atoms with Gasteiger partial charge in [0, 0.05) is 30.1 Å². The van der Waals surface area contributed by atoms with Crippen LogP contribution >= 0.6 is 11.6 Å². The summed E-state index contributed by atoms with van der Waals surface area (Å²) in [5, 5.41) is 3.99. The van der Waals surface area contributed by atoms with E-state index in [1.165, 1.54) is 0 Å². The number of halogens is 1. The van der Waals surface area contributed by atoms with Crippen molar-refractivity contribution in [3.05, 3.63) is 34.9 Å². The summed E-state index contributed by atoms with van der Waals surface area (Å²) in [5.41, 5.74) is 0.604. The molecule has 0 bridgehead atoms. The monoisotopic (exact) mass is 374 g/mol. The Bertz CT molecular complexity index is 687. The fraction of sp³-hybridized carbons (Fsp3) is 0.619. The Kier molecular flexibility index (Phi) is 4.96. The molecule has 1 saturated heterocycles. The molecule has 2 saturated carbocycles. The van der Waals surface area contributed by atoms with Gasteiger partial charge in [-0.2, -0.15) is 0 Å². The molecule has 26 heavy (non-hydrogen) atoms. The molecule has 1 N–H and O–H groups in total. The molecule has 140 valence electrons. The maximum absolute atomic E-state index is 13.2. The smallest absolute Gasteiger partial charge is 0.230 e. The first kappa shape index (κ1) is 17.8. The standard InChI is InChI=1S/C21H27ClN2O2/c22-17-5-3-4-16(14-17)21(10-1-2-11-21)20(26)23-18-8-12-24(13-9-18)19(25)15-6-7-15/h3-5,14-15,18H,1-2,6-13H2,(H,23,26). The van der Waals surface area contributed by atoms with Crippen LogP contribution in [0.15, 0.2) is 24.3 Å². The molecule has 0 radical (unpaired) electrons. The molecule has 5 heteroatoms. The molecule has 2 amide bonds. The van der Waals surface area contributed by atoms with Crippen LogP contribution in [0.2, 0.25) is 5.02 Å². The average molecular weight is 375 g/mol. The van der Waals surface area contributed by atoms with E-state index in [9.17, 15) is 9.59 Å². The van der Waals surface area contributed by atoms with E-state index in [0.717, 1.165) is 70.0 Å². The first-order valence-corrected chi connectivity index (χ1v) is 10.3. The summed E-state index contributed by atoms with van der Waals surface area (Å²) in [6, 6.07) is 7.95. The molecule has 0 spiro atoms. The van der Waals surface area contributed by atoms with Gasteiger partial charge in [-0.15, -0.1) is 0 Å². The molecule has 0 atom stereocenters. The highest BCUT2D eigenvalue weighted by Gasteiger charge is 2.44. The van der Waals surface area contributed by atoms with Gasteiger partial charge in [-0.05, 0) is 56.2 Å². The molecule has 1 aromatic rings. The van der Waals surface area contributed by atoms with Crippen LogP contribution in [0.1, 0.15) is 56.9 Å². The van der Waals surface area contributed by atoms with Gasteiger partial charge in [-0.25, -0.2) is 0 Å². The molecule has 3 aliphatic rings. The van der Waals surface area contributed by atoms with Crippen molar-refractivity contribution in [2.45, 2.75) is 62.8 Å². The highest BCUT2D eigenvalue weighted by Crippen LogP contribution is 2.42. The van der Waals surface area contributed by atoms with E-state index in [-0.39, 0.29) is 17.9 Å². The minimum absolute atomic E-state index is 0.143. The maximum Gasteiger partial charge on any atom is 0.230 e. The van der Waals surface area contributed by atoms with E-state index >= 15 is 0 Å². The van der Waals surface area contributed by atoms with E-state index in [2.05, 4.69) is 5.32 Å². The van der Waals surface area contributed by atoms with Gasteiger partial charge in [0.25, 0.3) is 0 Å². The Morgan fingerprint density at radius 2 is 1.77 bits per heavy atom. The van der Waals surface area contributed by atoms with Gasteiger partial charge in [0.2, 0.25) is 11.8 Å². The number of hydrogen-bond donors (Lipinski definition) is 1. The molecular formula is C21H27ClN2O2. The lowest BCUT2D eigenvalue weighted by Gasteiger charge is -2.35. The molecule has 0 aromatic heterocycles. The predicted octanol–water partition coefficient (Wildman–Crippen LogP) is 3.67. The first-order chi connectivity index (χ1) is 12.6. The zero-order valence-electron chi connectivity index (χ0n) is 15.2. The number of nitrogens with zero attached hydrogens (tertiary/aromatic N) is 1. The molecule has 4 rings (SSSR count). The Labute approximate surface area is 160 Å².